The first-order valence-corrected chi connectivity index (χ1v) is 7.17. The molecule has 0 saturated carbocycles. The maximum atomic E-state index is 12.1. The molecule has 21 heavy (non-hydrogen) atoms. The van der Waals surface area contributed by atoms with Crippen LogP contribution in [0.25, 0.3) is 0 Å². The van der Waals surface area contributed by atoms with Gasteiger partial charge in [-0.2, -0.15) is 5.10 Å². The summed E-state index contributed by atoms with van der Waals surface area (Å²) in [5, 5.41) is 6.98. The van der Waals surface area contributed by atoms with Gasteiger partial charge in [-0.25, -0.2) is 0 Å². The van der Waals surface area contributed by atoms with E-state index in [1.165, 1.54) is 0 Å². The minimum atomic E-state index is -0.0310. The minimum Gasteiger partial charge on any atom is -0.308 e. The number of amides is 1. The fraction of sp³-hybridized carbons (Fsp3) is 0.400. The molecule has 1 aliphatic rings. The average molecular weight is 285 g/mol. The van der Waals surface area contributed by atoms with Gasteiger partial charge in [-0.15, -0.1) is 0 Å². The molecule has 3 heterocycles. The molecule has 110 valence electrons. The number of hydrogen-bond acceptors (Lipinski definition) is 4. The first-order chi connectivity index (χ1) is 10.2. The second kappa shape index (κ2) is 6.05. The molecule has 1 atom stereocenters. The van der Waals surface area contributed by atoms with Crippen molar-refractivity contribution in [2.45, 2.75) is 18.9 Å². The molecule has 0 aromatic carbocycles. The molecule has 1 fully saturated rings. The number of hydrogen-bond donors (Lipinski definition) is 1. The Hall–Kier alpha value is -2.21. The summed E-state index contributed by atoms with van der Waals surface area (Å²) < 4.78 is 1.67. The smallest absolute Gasteiger partial charge is 0.239 e. The average Bonchev–Trinajstić information content (AvgIpc) is 3.09. The third-order valence-electron chi connectivity index (χ3n) is 3.72. The Morgan fingerprint density at radius 3 is 3.05 bits per heavy atom. The third kappa shape index (κ3) is 3.28. The van der Waals surface area contributed by atoms with Crippen LogP contribution in [0.5, 0.6) is 0 Å². The van der Waals surface area contributed by atoms with E-state index in [2.05, 4.69) is 20.3 Å². The number of nitrogens with one attached hydrogen (secondary N) is 1. The van der Waals surface area contributed by atoms with Crippen LogP contribution in [-0.2, 0) is 11.8 Å². The van der Waals surface area contributed by atoms with Crippen molar-refractivity contribution in [2.24, 2.45) is 7.05 Å². The van der Waals surface area contributed by atoms with Crippen LogP contribution >= 0.6 is 0 Å². The van der Waals surface area contributed by atoms with E-state index in [1.807, 2.05) is 31.4 Å². The highest BCUT2D eigenvalue weighted by Gasteiger charge is 2.28. The summed E-state index contributed by atoms with van der Waals surface area (Å²) in [6, 6.07) is 7.96. The van der Waals surface area contributed by atoms with E-state index in [-0.39, 0.29) is 11.9 Å². The van der Waals surface area contributed by atoms with Gasteiger partial charge in [0.25, 0.3) is 0 Å². The molecule has 3 rings (SSSR count). The Morgan fingerprint density at radius 1 is 1.43 bits per heavy atom. The number of aryl methyl sites for hydroxylation is 1. The van der Waals surface area contributed by atoms with Crippen molar-refractivity contribution in [1.82, 2.24) is 19.7 Å². The molecule has 2 aromatic rings. The van der Waals surface area contributed by atoms with Crippen molar-refractivity contribution in [2.75, 3.05) is 18.4 Å². The SMILES string of the molecule is Cn1ccc(NC(=O)CN2CCC[C@@H]2c2ccccn2)n1. The van der Waals surface area contributed by atoms with Crippen molar-refractivity contribution >= 4 is 11.7 Å². The topological polar surface area (TPSA) is 63.1 Å². The van der Waals surface area contributed by atoms with Crippen LogP contribution in [0.4, 0.5) is 5.82 Å². The van der Waals surface area contributed by atoms with Gasteiger partial charge >= 0.3 is 0 Å². The van der Waals surface area contributed by atoms with E-state index >= 15 is 0 Å². The zero-order valence-electron chi connectivity index (χ0n) is 12.1. The molecule has 1 aliphatic heterocycles. The molecule has 0 aliphatic carbocycles. The van der Waals surface area contributed by atoms with E-state index in [4.69, 9.17) is 0 Å². The Kier molecular flexibility index (Phi) is 3.96. The lowest BCUT2D eigenvalue weighted by molar-refractivity contribution is -0.117. The molecule has 6 nitrogen and oxygen atoms in total. The molecular weight excluding hydrogens is 266 g/mol. The zero-order chi connectivity index (χ0) is 14.7. The number of nitrogens with zero attached hydrogens (tertiary/aromatic N) is 4. The van der Waals surface area contributed by atoms with Gasteiger partial charge in [-0.05, 0) is 31.5 Å². The van der Waals surface area contributed by atoms with Crippen LogP contribution < -0.4 is 5.32 Å². The molecule has 0 unspecified atom stereocenters. The number of pyridine rings is 1. The standard InChI is InChI=1S/C15H19N5O/c1-19-10-7-14(18-19)17-15(21)11-20-9-4-6-13(20)12-5-2-3-8-16-12/h2-3,5,7-8,10,13H,4,6,9,11H2,1H3,(H,17,18,21)/t13-/m1/s1. The fourth-order valence-corrected chi connectivity index (χ4v) is 2.77. The summed E-state index contributed by atoms with van der Waals surface area (Å²) in [5.74, 6) is 0.563. The van der Waals surface area contributed by atoms with Gasteiger partial charge in [0, 0.05) is 25.5 Å². The summed E-state index contributed by atoms with van der Waals surface area (Å²) in [6.45, 7) is 1.30. The number of aromatic nitrogens is 3. The Labute approximate surface area is 123 Å². The molecule has 1 saturated heterocycles. The van der Waals surface area contributed by atoms with Gasteiger partial charge in [0.2, 0.25) is 5.91 Å². The molecule has 1 N–H and O–H groups in total. The van der Waals surface area contributed by atoms with Crippen molar-refractivity contribution in [1.29, 1.82) is 0 Å². The van der Waals surface area contributed by atoms with Crippen molar-refractivity contribution in [3.05, 3.63) is 42.4 Å². The quantitative estimate of drug-likeness (QED) is 0.926. The van der Waals surface area contributed by atoms with E-state index in [1.54, 1.807) is 16.9 Å². The lowest BCUT2D eigenvalue weighted by Gasteiger charge is -2.23. The molecule has 0 radical (unpaired) electrons. The lowest BCUT2D eigenvalue weighted by Crippen LogP contribution is -2.33. The minimum absolute atomic E-state index is 0.0310. The van der Waals surface area contributed by atoms with Crippen LogP contribution in [0, 0.1) is 0 Å². The van der Waals surface area contributed by atoms with E-state index in [9.17, 15) is 4.79 Å². The predicted octanol–water partition coefficient (Wildman–Crippen LogP) is 1.59. The van der Waals surface area contributed by atoms with E-state index < -0.39 is 0 Å². The van der Waals surface area contributed by atoms with Crippen LogP contribution in [0.2, 0.25) is 0 Å². The van der Waals surface area contributed by atoms with Crippen LogP contribution in [0.1, 0.15) is 24.6 Å². The van der Waals surface area contributed by atoms with Crippen LogP contribution in [-0.4, -0.2) is 38.7 Å². The maximum Gasteiger partial charge on any atom is 0.239 e. The first-order valence-electron chi connectivity index (χ1n) is 7.17. The van der Waals surface area contributed by atoms with Gasteiger partial charge < -0.3 is 5.32 Å². The molecule has 0 spiro atoms. The highest BCUT2D eigenvalue weighted by molar-refractivity contribution is 5.91. The molecule has 2 aromatic heterocycles. The summed E-state index contributed by atoms with van der Waals surface area (Å²) in [5.41, 5.74) is 1.04. The highest BCUT2D eigenvalue weighted by atomic mass is 16.2. The van der Waals surface area contributed by atoms with Gasteiger partial charge in [0.15, 0.2) is 5.82 Å². The Balaban J connectivity index is 1.62. The largest absolute Gasteiger partial charge is 0.308 e. The van der Waals surface area contributed by atoms with Gasteiger partial charge in [-0.1, -0.05) is 6.07 Å². The van der Waals surface area contributed by atoms with Crippen LogP contribution in [0.3, 0.4) is 0 Å². The highest BCUT2D eigenvalue weighted by Crippen LogP contribution is 2.30. The predicted molar refractivity (Wildman–Crippen MR) is 79.6 cm³/mol. The van der Waals surface area contributed by atoms with E-state index in [0.29, 0.717) is 12.4 Å². The second-order valence-corrected chi connectivity index (χ2v) is 5.31. The number of carbonyl (C=O) groups excluding carboxylic acids is 1. The Bertz CT molecular complexity index is 610. The first kappa shape index (κ1) is 13.8. The normalized spacial score (nSPS) is 18.8. The third-order valence-corrected chi connectivity index (χ3v) is 3.72. The number of likely N-dealkylation sites (tertiary alicyclic amines) is 1. The maximum absolute atomic E-state index is 12.1. The van der Waals surface area contributed by atoms with Gasteiger partial charge in [0.05, 0.1) is 18.3 Å². The molecule has 0 bridgehead atoms. The van der Waals surface area contributed by atoms with Crippen molar-refractivity contribution in [3.8, 4) is 0 Å². The molecule has 1 amide bonds. The van der Waals surface area contributed by atoms with Gasteiger partial charge in [-0.3, -0.25) is 19.4 Å². The Morgan fingerprint density at radius 2 is 2.33 bits per heavy atom. The van der Waals surface area contributed by atoms with Crippen LogP contribution in [0.15, 0.2) is 36.7 Å². The second-order valence-electron chi connectivity index (χ2n) is 5.31. The summed E-state index contributed by atoms with van der Waals surface area (Å²) in [4.78, 5) is 18.7. The summed E-state index contributed by atoms with van der Waals surface area (Å²) >= 11 is 0. The van der Waals surface area contributed by atoms with Crippen molar-refractivity contribution in [3.63, 3.8) is 0 Å². The summed E-state index contributed by atoms with van der Waals surface area (Å²) in [6.07, 6.45) is 5.76. The zero-order valence-corrected chi connectivity index (χ0v) is 12.1. The fourth-order valence-electron chi connectivity index (χ4n) is 2.77. The van der Waals surface area contributed by atoms with Gasteiger partial charge in [0.1, 0.15) is 0 Å². The van der Waals surface area contributed by atoms with E-state index in [0.717, 1.165) is 25.1 Å². The number of anilines is 1. The molecular formula is C15H19N5O. The summed E-state index contributed by atoms with van der Waals surface area (Å²) in [7, 11) is 1.83. The number of carbonyl (C=O) groups is 1. The van der Waals surface area contributed by atoms with Crippen molar-refractivity contribution < 1.29 is 4.79 Å². The lowest BCUT2D eigenvalue weighted by atomic mass is 10.1. The molecule has 6 heteroatoms. The number of rotatable bonds is 4. The monoisotopic (exact) mass is 285 g/mol.